The maximum Gasteiger partial charge on any atom is 0.255 e. The zero-order valence-electron chi connectivity index (χ0n) is 18.9. The number of likely N-dealkylation sites (tertiary alicyclic amines) is 1. The van der Waals surface area contributed by atoms with Crippen LogP contribution in [0.1, 0.15) is 48.2 Å². The molecule has 1 fully saturated rings. The molecule has 0 saturated carbocycles. The van der Waals surface area contributed by atoms with Gasteiger partial charge in [0.25, 0.3) is 5.91 Å². The van der Waals surface area contributed by atoms with Gasteiger partial charge in [0.05, 0.1) is 12.1 Å². The zero-order chi connectivity index (χ0) is 23.7. The number of carbonyl (C=O) groups is 3. The molecule has 174 valence electrons. The fraction of sp³-hybridized carbons (Fsp3) is 0.423. The summed E-state index contributed by atoms with van der Waals surface area (Å²) in [6.07, 6.45) is 0.372. The maximum absolute atomic E-state index is 13.7. The van der Waals surface area contributed by atoms with Crippen LogP contribution in [0, 0.1) is 5.92 Å². The van der Waals surface area contributed by atoms with Gasteiger partial charge in [0.2, 0.25) is 5.91 Å². The average molecular weight is 513 g/mol. The second-order valence-electron chi connectivity index (χ2n) is 9.27. The number of β-amino-alcohol motifs (C(OH)–C–C–N with tert-alkyl or cyclic N) is 1. The molecule has 0 spiro atoms. The smallest absolute Gasteiger partial charge is 0.255 e. The third kappa shape index (κ3) is 4.89. The SMILES string of the molecule is CC(C)[C@@H](C(=O)N1C[C@H](O)C[C@H]1C(=O)CCc1ccc(Br)cc1)N1Cc2ccccc2C1=O. The van der Waals surface area contributed by atoms with Crippen molar-refractivity contribution in [2.75, 3.05) is 6.54 Å². The molecule has 2 aliphatic rings. The molecule has 4 rings (SSSR count). The van der Waals surface area contributed by atoms with Crippen molar-refractivity contribution in [2.45, 2.75) is 57.8 Å². The molecule has 2 heterocycles. The molecular weight excluding hydrogens is 484 g/mol. The summed E-state index contributed by atoms with van der Waals surface area (Å²) >= 11 is 3.41. The van der Waals surface area contributed by atoms with Crippen LogP contribution in [0.5, 0.6) is 0 Å². The largest absolute Gasteiger partial charge is 0.391 e. The predicted octanol–water partition coefficient (Wildman–Crippen LogP) is 3.59. The lowest BCUT2D eigenvalue weighted by atomic mass is 9.98. The van der Waals surface area contributed by atoms with Gasteiger partial charge >= 0.3 is 0 Å². The number of halogens is 1. The van der Waals surface area contributed by atoms with Gasteiger partial charge in [-0.3, -0.25) is 14.4 Å². The molecule has 1 saturated heterocycles. The van der Waals surface area contributed by atoms with E-state index < -0.39 is 18.2 Å². The summed E-state index contributed by atoms with van der Waals surface area (Å²) in [4.78, 5) is 43.0. The highest BCUT2D eigenvalue weighted by Gasteiger charge is 2.45. The van der Waals surface area contributed by atoms with Gasteiger partial charge in [-0.25, -0.2) is 0 Å². The van der Waals surface area contributed by atoms with E-state index in [2.05, 4.69) is 15.9 Å². The number of benzene rings is 2. The summed E-state index contributed by atoms with van der Waals surface area (Å²) < 4.78 is 0.978. The molecule has 0 aliphatic carbocycles. The maximum atomic E-state index is 13.7. The number of Topliss-reactive ketones (excluding diaryl/α,β-unsaturated/α-hetero) is 1. The van der Waals surface area contributed by atoms with Gasteiger partial charge < -0.3 is 14.9 Å². The van der Waals surface area contributed by atoms with Gasteiger partial charge in [0, 0.05) is 36.0 Å². The second kappa shape index (κ2) is 9.77. The number of aliphatic hydroxyl groups excluding tert-OH is 1. The van der Waals surface area contributed by atoms with Crippen LogP contribution in [0.4, 0.5) is 0 Å². The van der Waals surface area contributed by atoms with Crippen molar-refractivity contribution in [3.8, 4) is 0 Å². The topological polar surface area (TPSA) is 77.9 Å². The Bertz CT molecular complexity index is 1050. The number of fused-ring (bicyclic) bond motifs is 1. The summed E-state index contributed by atoms with van der Waals surface area (Å²) in [5.41, 5.74) is 2.58. The van der Waals surface area contributed by atoms with E-state index in [0.717, 1.165) is 15.6 Å². The van der Waals surface area contributed by atoms with Crippen LogP contribution >= 0.6 is 15.9 Å². The van der Waals surface area contributed by atoms with E-state index in [1.165, 1.54) is 4.90 Å². The molecule has 0 radical (unpaired) electrons. The summed E-state index contributed by atoms with van der Waals surface area (Å²) in [6, 6.07) is 13.9. The quantitative estimate of drug-likeness (QED) is 0.614. The minimum atomic E-state index is -0.741. The molecule has 2 aliphatic heterocycles. The number of aliphatic hydroxyl groups is 1. The molecule has 0 bridgehead atoms. The number of aryl methyl sites for hydroxylation is 1. The normalized spacial score (nSPS) is 20.9. The number of nitrogens with zero attached hydrogens (tertiary/aromatic N) is 2. The Labute approximate surface area is 202 Å². The number of amides is 2. The van der Waals surface area contributed by atoms with Gasteiger partial charge in [0.15, 0.2) is 5.78 Å². The molecule has 3 atom stereocenters. The summed E-state index contributed by atoms with van der Waals surface area (Å²) in [6.45, 7) is 4.32. The van der Waals surface area contributed by atoms with Crippen LogP contribution in [-0.4, -0.2) is 57.2 Å². The van der Waals surface area contributed by atoms with E-state index in [1.54, 1.807) is 11.0 Å². The molecular formula is C26H29BrN2O4. The molecule has 2 aromatic carbocycles. The lowest BCUT2D eigenvalue weighted by Gasteiger charge is -2.35. The molecule has 2 amide bonds. The van der Waals surface area contributed by atoms with E-state index in [0.29, 0.717) is 24.9 Å². The first-order valence-electron chi connectivity index (χ1n) is 11.4. The first kappa shape index (κ1) is 23.6. The van der Waals surface area contributed by atoms with Crippen LogP contribution in [0.2, 0.25) is 0 Å². The van der Waals surface area contributed by atoms with Crippen molar-refractivity contribution in [2.24, 2.45) is 5.92 Å². The second-order valence-corrected chi connectivity index (χ2v) is 10.2. The van der Waals surface area contributed by atoms with E-state index in [1.807, 2.05) is 56.3 Å². The van der Waals surface area contributed by atoms with Gasteiger partial charge in [-0.05, 0) is 41.7 Å². The van der Waals surface area contributed by atoms with Crippen molar-refractivity contribution in [1.29, 1.82) is 0 Å². The van der Waals surface area contributed by atoms with Crippen molar-refractivity contribution < 1.29 is 19.5 Å². The summed E-state index contributed by atoms with van der Waals surface area (Å²) in [7, 11) is 0. The standard InChI is InChI=1S/C26H29BrN2O4/c1-16(2)24(29-14-18-5-3-4-6-21(18)25(29)32)26(33)28-15-20(30)13-22(28)23(31)12-9-17-7-10-19(27)11-8-17/h3-8,10-11,16,20,22,24,30H,9,12-15H2,1-2H3/t20-,22+,24+/m1/s1. The van der Waals surface area contributed by atoms with Gasteiger partial charge in [-0.1, -0.05) is 60.1 Å². The Kier molecular flexibility index (Phi) is 7.00. The highest BCUT2D eigenvalue weighted by atomic mass is 79.9. The monoisotopic (exact) mass is 512 g/mol. The lowest BCUT2D eigenvalue weighted by molar-refractivity contribution is -0.142. The van der Waals surface area contributed by atoms with Crippen molar-refractivity contribution in [3.05, 3.63) is 69.7 Å². The van der Waals surface area contributed by atoms with Crippen molar-refractivity contribution >= 4 is 33.5 Å². The Morgan fingerprint density at radius 3 is 2.48 bits per heavy atom. The number of ketones is 1. The summed E-state index contributed by atoms with van der Waals surface area (Å²) in [5.74, 6) is -0.603. The van der Waals surface area contributed by atoms with Crippen LogP contribution in [0.3, 0.4) is 0 Å². The molecule has 7 heteroatoms. The van der Waals surface area contributed by atoms with Gasteiger partial charge in [0.1, 0.15) is 6.04 Å². The minimum Gasteiger partial charge on any atom is -0.391 e. The van der Waals surface area contributed by atoms with E-state index in [9.17, 15) is 19.5 Å². The Hall–Kier alpha value is -2.51. The molecule has 0 aromatic heterocycles. The summed E-state index contributed by atoms with van der Waals surface area (Å²) in [5, 5.41) is 10.3. The molecule has 0 unspecified atom stereocenters. The highest BCUT2D eigenvalue weighted by molar-refractivity contribution is 9.10. The van der Waals surface area contributed by atoms with Gasteiger partial charge in [-0.15, -0.1) is 0 Å². The number of rotatable bonds is 7. The third-order valence-electron chi connectivity index (χ3n) is 6.58. The van der Waals surface area contributed by atoms with E-state index in [4.69, 9.17) is 0 Å². The molecule has 6 nitrogen and oxygen atoms in total. The van der Waals surface area contributed by atoms with Gasteiger partial charge in [-0.2, -0.15) is 0 Å². The Morgan fingerprint density at radius 1 is 1.12 bits per heavy atom. The zero-order valence-corrected chi connectivity index (χ0v) is 20.5. The van der Waals surface area contributed by atoms with E-state index in [-0.39, 0.29) is 36.5 Å². The Balaban J connectivity index is 1.50. The first-order valence-corrected chi connectivity index (χ1v) is 12.2. The average Bonchev–Trinajstić information content (AvgIpc) is 3.34. The lowest BCUT2D eigenvalue weighted by Crippen LogP contribution is -2.54. The van der Waals surface area contributed by atoms with Crippen molar-refractivity contribution in [1.82, 2.24) is 9.80 Å². The van der Waals surface area contributed by atoms with Crippen molar-refractivity contribution in [3.63, 3.8) is 0 Å². The van der Waals surface area contributed by atoms with Crippen LogP contribution in [-0.2, 0) is 22.6 Å². The molecule has 33 heavy (non-hydrogen) atoms. The number of carbonyl (C=O) groups excluding carboxylic acids is 3. The highest BCUT2D eigenvalue weighted by Crippen LogP contribution is 2.30. The minimum absolute atomic E-state index is 0.0543. The van der Waals surface area contributed by atoms with Crippen LogP contribution in [0.15, 0.2) is 53.0 Å². The molecule has 1 N–H and O–H groups in total. The van der Waals surface area contributed by atoms with E-state index >= 15 is 0 Å². The fourth-order valence-corrected chi connectivity index (χ4v) is 5.16. The predicted molar refractivity (Wildman–Crippen MR) is 129 cm³/mol. The molecule has 2 aromatic rings. The number of hydrogen-bond donors (Lipinski definition) is 1. The fourth-order valence-electron chi connectivity index (χ4n) is 4.90. The third-order valence-corrected chi connectivity index (χ3v) is 7.11. The van der Waals surface area contributed by atoms with Crippen LogP contribution < -0.4 is 0 Å². The van der Waals surface area contributed by atoms with Crippen LogP contribution in [0.25, 0.3) is 0 Å². The first-order chi connectivity index (χ1) is 15.8. The number of hydrogen-bond acceptors (Lipinski definition) is 4. The Morgan fingerprint density at radius 2 is 1.82 bits per heavy atom.